The Balaban J connectivity index is 2.12. The molecule has 0 atom stereocenters. The molecular formula is C14H14FNO3S. The lowest BCUT2D eigenvalue weighted by atomic mass is 10.1. The molecule has 1 aliphatic heterocycles. The van der Waals surface area contributed by atoms with Crippen LogP contribution in [0.5, 0.6) is 0 Å². The standard InChI is InChI=1S/C14H14FNO3S/c1-2-14(17)16-9-7-13(8-10-16)20(18,19)12-5-3-11(15)4-6-12/h1,3-6,13H,7-10H2. The smallest absolute Gasteiger partial charge is 0.298 e. The lowest BCUT2D eigenvalue weighted by Crippen LogP contribution is -2.42. The number of piperidine rings is 1. The summed E-state index contributed by atoms with van der Waals surface area (Å²) >= 11 is 0. The number of halogens is 1. The molecule has 0 bridgehead atoms. The zero-order valence-electron chi connectivity index (χ0n) is 10.8. The molecule has 106 valence electrons. The van der Waals surface area contributed by atoms with E-state index in [4.69, 9.17) is 6.42 Å². The van der Waals surface area contributed by atoms with Crippen LogP contribution < -0.4 is 0 Å². The summed E-state index contributed by atoms with van der Waals surface area (Å²) in [5.74, 6) is 1.13. The van der Waals surface area contributed by atoms with Gasteiger partial charge in [-0.15, -0.1) is 6.42 Å². The van der Waals surface area contributed by atoms with Crippen molar-refractivity contribution in [2.24, 2.45) is 0 Å². The van der Waals surface area contributed by atoms with Gasteiger partial charge in [-0.2, -0.15) is 0 Å². The van der Waals surface area contributed by atoms with E-state index in [0.29, 0.717) is 25.9 Å². The maximum Gasteiger partial charge on any atom is 0.298 e. The summed E-state index contributed by atoms with van der Waals surface area (Å²) in [7, 11) is -3.49. The van der Waals surface area contributed by atoms with E-state index in [9.17, 15) is 17.6 Å². The average Bonchev–Trinajstić information content (AvgIpc) is 2.47. The molecular weight excluding hydrogens is 281 g/mol. The van der Waals surface area contributed by atoms with Gasteiger partial charge in [0.05, 0.1) is 10.1 Å². The monoisotopic (exact) mass is 295 g/mol. The Hall–Kier alpha value is -1.87. The first-order chi connectivity index (χ1) is 9.45. The number of rotatable bonds is 2. The molecule has 0 saturated carbocycles. The van der Waals surface area contributed by atoms with Crippen molar-refractivity contribution in [2.75, 3.05) is 13.1 Å². The first kappa shape index (κ1) is 14.5. The van der Waals surface area contributed by atoms with E-state index in [-0.39, 0.29) is 4.90 Å². The van der Waals surface area contributed by atoms with Gasteiger partial charge in [0.2, 0.25) is 0 Å². The van der Waals surface area contributed by atoms with Crippen LogP contribution in [0.2, 0.25) is 0 Å². The van der Waals surface area contributed by atoms with E-state index in [2.05, 4.69) is 0 Å². The van der Waals surface area contributed by atoms with Crippen LogP contribution in [-0.2, 0) is 14.6 Å². The Morgan fingerprint density at radius 3 is 2.30 bits per heavy atom. The van der Waals surface area contributed by atoms with Crippen molar-refractivity contribution in [2.45, 2.75) is 23.0 Å². The van der Waals surface area contributed by atoms with Crippen LogP contribution in [0.25, 0.3) is 0 Å². The molecule has 0 unspecified atom stereocenters. The van der Waals surface area contributed by atoms with Gasteiger partial charge in [0.15, 0.2) is 9.84 Å². The third-order valence-electron chi connectivity index (χ3n) is 3.43. The minimum absolute atomic E-state index is 0.112. The molecule has 4 nitrogen and oxygen atoms in total. The highest BCUT2D eigenvalue weighted by Crippen LogP contribution is 2.24. The SMILES string of the molecule is C#CC(=O)N1CCC(S(=O)(=O)c2ccc(F)cc2)CC1. The quantitative estimate of drug-likeness (QED) is 0.609. The molecule has 6 heteroatoms. The molecule has 20 heavy (non-hydrogen) atoms. The molecule has 0 aliphatic carbocycles. The number of carbonyl (C=O) groups is 1. The number of benzene rings is 1. The highest BCUT2D eigenvalue weighted by molar-refractivity contribution is 7.92. The Bertz CT molecular complexity index is 638. The van der Waals surface area contributed by atoms with Crippen LogP contribution in [0, 0.1) is 18.2 Å². The minimum atomic E-state index is -3.49. The predicted molar refractivity (Wildman–Crippen MR) is 72.0 cm³/mol. The van der Waals surface area contributed by atoms with Crippen molar-refractivity contribution >= 4 is 15.7 Å². The van der Waals surface area contributed by atoms with Crippen molar-refractivity contribution < 1.29 is 17.6 Å². The Labute approximate surface area is 117 Å². The van der Waals surface area contributed by atoms with Crippen molar-refractivity contribution in [1.29, 1.82) is 0 Å². The van der Waals surface area contributed by atoms with Crippen LogP contribution in [0.4, 0.5) is 4.39 Å². The van der Waals surface area contributed by atoms with E-state index >= 15 is 0 Å². The van der Waals surface area contributed by atoms with Gasteiger partial charge in [0.25, 0.3) is 5.91 Å². The number of sulfone groups is 1. The summed E-state index contributed by atoms with van der Waals surface area (Å²) in [4.78, 5) is 12.9. The fraction of sp³-hybridized carbons (Fsp3) is 0.357. The number of hydrogen-bond donors (Lipinski definition) is 0. The van der Waals surface area contributed by atoms with Crippen molar-refractivity contribution in [1.82, 2.24) is 4.90 Å². The van der Waals surface area contributed by atoms with E-state index in [1.807, 2.05) is 5.92 Å². The molecule has 1 aliphatic rings. The Kier molecular flexibility index (Phi) is 4.09. The predicted octanol–water partition coefficient (Wildman–Crippen LogP) is 1.22. The second kappa shape index (κ2) is 5.63. The van der Waals surface area contributed by atoms with E-state index in [1.54, 1.807) is 0 Å². The van der Waals surface area contributed by atoms with Gasteiger partial charge >= 0.3 is 0 Å². The van der Waals surface area contributed by atoms with Gasteiger partial charge in [-0.1, -0.05) is 0 Å². The lowest BCUT2D eigenvalue weighted by molar-refractivity contribution is -0.125. The number of hydrogen-bond acceptors (Lipinski definition) is 3. The van der Waals surface area contributed by atoms with E-state index in [1.165, 1.54) is 17.0 Å². The van der Waals surface area contributed by atoms with Crippen LogP contribution >= 0.6 is 0 Å². The maximum atomic E-state index is 12.8. The van der Waals surface area contributed by atoms with Gasteiger partial charge in [0, 0.05) is 13.1 Å². The van der Waals surface area contributed by atoms with Gasteiger partial charge in [0.1, 0.15) is 5.82 Å². The Morgan fingerprint density at radius 1 is 1.25 bits per heavy atom. The van der Waals surface area contributed by atoms with Crippen molar-refractivity contribution in [3.8, 4) is 12.3 Å². The molecule has 1 aromatic rings. The van der Waals surface area contributed by atoms with Crippen LogP contribution in [0.1, 0.15) is 12.8 Å². The zero-order valence-corrected chi connectivity index (χ0v) is 11.6. The largest absolute Gasteiger partial charge is 0.332 e. The second-order valence-electron chi connectivity index (χ2n) is 4.63. The first-order valence-corrected chi connectivity index (χ1v) is 7.75. The van der Waals surface area contributed by atoms with Crippen molar-refractivity contribution in [3.05, 3.63) is 30.1 Å². The summed E-state index contributed by atoms with van der Waals surface area (Å²) in [6, 6.07) is 4.79. The normalized spacial score (nSPS) is 16.7. The zero-order chi connectivity index (χ0) is 14.8. The van der Waals surface area contributed by atoms with Crippen LogP contribution in [0.3, 0.4) is 0 Å². The molecule has 1 fully saturated rings. The molecule has 1 aromatic carbocycles. The maximum absolute atomic E-state index is 12.8. The Morgan fingerprint density at radius 2 is 1.80 bits per heavy atom. The van der Waals surface area contributed by atoms with Crippen molar-refractivity contribution in [3.63, 3.8) is 0 Å². The topological polar surface area (TPSA) is 54.5 Å². The fourth-order valence-electron chi connectivity index (χ4n) is 2.28. The van der Waals surface area contributed by atoms with Crippen LogP contribution in [-0.4, -0.2) is 37.6 Å². The molecule has 1 amide bonds. The fourth-order valence-corrected chi connectivity index (χ4v) is 4.01. The number of amides is 1. The molecule has 0 spiro atoms. The molecule has 0 radical (unpaired) electrons. The number of nitrogens with zero attached hydrogens (tertiary/aromatic N) is 1. The summed E-state index contributed by atoms with van der Waals surface area (Å²) in [5, 5.41) is -0.560. The molecule has 1 saturated heterocycles. The van der Waals surface area contributed by atoms with E-state index < -0.39 is 26.8 Å². The highest BCUT2D eigenvalue weighted by Gasteiger charge is 2.32. The summed E-state index contributed by atoms with van der Waals surface area (Å²) < 4.78 is 37.6. The van der Waals surface area contributed by atoms with E-state index in [0.717, 1.165) is 12.1 Å². The number of likely N-dealkylation sites (tertiary alicyclic amines) is 1. The molecule has 0 N–H and O–H groups in total. The summed E-state index contributed by atoms with van der Waals surface area (Å²) in [5.41, 5.74) is 0. The number of carbonyl (C=O) groups excluding carboxylic acids is 1. The minimum Gasteiger partial charge on any atom is -0.332 e. The first-order valence-electron chi connectivity index (χ1n) is 6.20. The summed E-state index contributed by atoms with van der Waals surface area (Å²) in [6.07, 6.45) is 5.71. The van der Waals surface area contributed by atoms with Gasteiger partial charge in [-0.05, 0) is 43.0 Å². The van der Waals surface area contributed by atoms with Gasteiger partial charge in [-0.25, -0.2) is 12.8 Å². The second-order valence-corrected chi connectivity index (χ2v) is 6.86. The van der Waals surface area contributed by atoms with Gasteiger partial charge < -0.3 is 4.90 Å². The third-order valence-corrected chi connectivity index (χ3v) is 5.71. The third kappa shape index (κ3) is 2.83. The molecule has 0 aromatic heterocycles. The van der Waals surface area contributed by atoms with Gasteiger partial charge in [-0.3, -0.25) is 4.79 Å². The lowest BCUT2D eigenvalue weighted by Gasteiger charge is -2.30. The molecule has 2 rings (SSSR count). The molecule has 1 heterocycles. The van der Waals surface area contributed by atoms with Crippen LogP contribution in [0.15, 0.2) is 29.2 Å². The summed E-state index contributed by atoms with van der Waals surface area (Å²) in [6.45, 7) is 0.655. The average molecular weight is 295 g/mol. The highest BCUT2D eigenvalue weighted by atomic mass is 32.2. The number of terminal acetylenes is 1.